The first kappa shape index (κ1) is 16.8. The first-order valence-electron chi connectivity index (χ1n) is 7.18. The highest BCUT2D eigenvalue weighted by Crippen LogP contribution is 2.38. The number of amides is 1. The molecule has 0 saturated carbocycles. The summed E-state index contributed by atoms with van der Waals surface area (Å²) in [5.41, 5.74) is 0.244. The molecule has 120 valence electrons. The van der Waals surface area contributed by atoms with Gasteiger partial charge in [0, 0.05) is 4.47 Å². The molecule has 2 rings (SSSR count). The van der Waals surface area contributed by atoms with Gasteiger partial charge in [-0.3, -0.25) is 4.90 Å². The molecule has 6 heteroatoms. The molecule has 0 bridgehead atoms. The van der Waals surface area contributed by atoms with Gasteiger partial charge in [0.05, 0.1) is 6.04 Å². The maximum atomic E-state index is 12.5. The minimum atomic E-state index is -0.997. The highest BCUT2D eigenvalue weighted by molar-refractivity contribution is 9.10. The summed E-state index contributed by atoms with van der Waals surface area (Å²) >= 11 is 3.41. The Morgan fingerprint density at radius 3 is 2.55 bits per heavy atom. The summed E-state index contributed by atoms with van der Waals surface area (Å²) in [6.07, 6.45) is 0.445. The van der Waals surface area contributed by atoms with Crippen molar-refractivity contribution in [3.8, 4) is 0 Å². The molecule has 1 N–H and O–H groups in total. The second-order valence-corrected chi connectivity index (χ2v) is 7.31. The molecule has 22 heavy (non-hydrogen) atoms. The van der Waals surface area contributed by atoms with E-state index in [0.717, 1.165) is 10.0 Å². The van der Waals surface area contributed by atoms with E-state index in [1.54, 1.807) is 20.8 Å². The molecule has 1 aliphatic heterocycles. The quantitative estimate of drug-likeness (QED) is 0.855. The van der Waals surface area contributed by atoms with E-state index in [-0.39, 0.29) is 6.04 Å². The molecule has 5 nitrogen and oxygen atoms in total. The van der Waals surface area contributed by atoms with Crippen LogP contribution in [0.3, 0.4) is 0 Å². The predicted octanol–water partition coefficient (Wildman–Crippen LogP) is 3.97. The number of carbonyl (C=O) groups excluding carboxylic acids is 1. The number of aliphatic carboxylic acids is 1. The van der Waals surface area contributed by atoms with Crippen molar-refractivity contribution < 1.29 is 19.4 Å². The lowest BCUT2D eigenvalue weighted by atomic mass is 10.1. The molecule has 1 heterocycles. The van der Waals surface area contributed by atoms with Crippen molar-refractivity contribution in [2.75, 3.05) is 0 Å². The number of hydrogen-bond acceptors (Lipinski definition) is 3. The first-order valence-corrected chi connectivity index (χ1v) is 7.98. The van der Waals surface area contributed by atoms with Gasteiger partial charge in [0.25, 0.3) is 0 Å². The molecule has 2 atom stereocenters. The number of ether oxygens (including phenoxy) is 1. The third-order valence-corrected chi connectivity index (χ3v) is 4.00. The molecular formula is C16H20BrNO4. The third kappa shape index (κ3) is 3.80. The number of nitrogens with zero attached hydrogens (tertiary/aromatic N) is 1. The van der Waals surface area contributed by atoms with Gasteiger partial charge in [0.15, 0.2) is 0 Å². The lowest BCUT2D eigenvalue weighted by molar-refractivity contribution is -0.142. The molecule has 1 aliphatic rings. The number of likely N-dealkylation sites (tertiary alicyclic amines) is 1. The van der Waals surface area contributed by atoms with E-state index >= 15 is 0 Å². The van der Waals surface area contributed by atoms with Crippen molar-refractivity contribution in [1.82, 2.24) is 4.90 Å². The number of carboxylic acid groups (broad SMARTS) is 1. The average Bonchev–Trinajstić information content (AvgIpc) is 2.81. The van der Waals surface area contributed by atoms with Crippen molar-refractivity contribution in [1.29, 1.82) is 0 Å². The fourth-order valence-corrected chi connectivity index (χ4v) is 3.08. The number of carboxylic acids is 1. The van der Waals surface area contributed by atoms with E-state index < -0.39 is 23.7 Å². The Kier molecular flexibility index (Phi) is 4.80. The summed E-state index contributed by atoms with van der Waals surface area (Å²) in [5.74, 6) is -0.997. The van der Waals surface area contributed by atoms with E-state index in [9.17, 15) is 14.7 Å². The molecule has 1 fully saturated rings. The van der Waals surface area contributed by atoms with E-state index in [1.165, 1.54) is 4.90 Å². The summed E-state index contributed by atoms with van der Waals surface area (Å²) in [6.45, 7) is 5.31. The Bertz CT molecular complexity index is 582. The van der Waals surface area contributed by atoms with Gasteiger partial charge in [-0.2, -0.15) is 0 Å². The van der Waals surface area contributed by atoms with Crippen LogP contribution in [0.2, 0.25) is 0 Å². The summed E-state index contributed by atoms with van der Waals surface area (Å²) in [6, 6.07) is 6.45. The van der Waals surface area contributed by atoms with Crippen LogP contribution in [0.1, 0.15) is 45.2 Å². The lowest BCUT2D eigenvalue weighted by Crippen LogP contribution is -2.44. The fourth-order valence-electron chi connectivity index (χ4n) is 2.66. The highest BCUT2D eigenvalue weighted by atomic mass is 79.9. The molecule has 0 aromatic heterocycles. The van der Waals surface area contributed by atoms with Crippen molar-refractivity contribution >= 4 is 28.0 Å². The second kappa shape index (κ2) is 6.28. The topological polar surface area (TPSA) is 66.8 Å². The molecule has 0 radical (unpaired) electrons. The standard InChI is InChI=1S/C16H20BrNO4/c1-16(2,3)22-15(21)18-12(7-8-13(18)14(19)20)10-5-4-6-11(17)9-10/h4-6,9,12-13H,7-8H2,1-3H3,(H,19,20)/t12-,13-/m0/s1. The molecule has 0 spiro atoms. The van der Waals surface area contributed by atoms with Crippen LogP contribution in [0.4, 0.5) is 4.79 Å². The third-order valence-electron chi connectivity index (χ3n) is 3.51. The zero-order valence-corrected chi connectivity index (χ0v) is 14.5. The van der Waals surface area contributed by atoms with Gasteiger partial charge in [0.2, 0.25) is 0 Å². The summed E-state index contributed by atoms with van der Waals surface area (Å²) in [5, 5.41) is 9.39. The average molecular weight is 370 g/mol. The Morgan fingerprint density at radius 1 is 1.32 bits per heavy atom. The largest absolute Gasteiger partial charge is 0.480 e. The maximum Gasteiger partial charge on any atom is 0.411 e. The Hall–Kier alpha value is -1.56. The summed E-state index contributed by atoms with van der Waals surface area (Å²) in [7, 11) is 0. The Balaban J connectivity index is 2.32. The zero-order valence-electron chi connectivity index (χ0n) is 12.9. The number of carbonyl (C=O) groups is 2. The molecule has 1 aromatic carbocycles. The smallest absolute Gasteiger partial charge is 0.411 e. The van der Waals surface area contributed by atoms with Crippen LogP contribution in [0.25, 0.3) is 0 Å². The number of hydrogen-bond donors (Lipinski definition) is 1. The van der Waals surface area contributed by atoms with Crippen molar-refractivity contribution in [3.05, 3.63) is 34.3 Å². The van der Waals surface area contributed by atoms with Crippen LogP contribution in [0.5, 0.6) is 0 Å². The summed E-state index contributed by atoms with van der Waals surface area (Å²) < 4.78 is 6.29. The minimum absolute atomic E-state index is 0.284. The molecular weight excluding hydrogens is 350 g/mol. The van der Waals surface area contributed by atoms with E-state index in [2.05, 4.69) is 15.9 Å². The van der Waals surface area contributed by atoms with Crippen LogP contribution in [-0.4, -0.2) is 33.7 Å². The number of rotatable bonds is 2. The van der Waals surface area contributed by atoms with Gasteiger partial charge in [-0.15, -0.1) is 0 Å². The van der Waals surface area contributed by atoms with Crippen LogP contribution < -0.4 is 0 Å². The molecule has 0 aliphatic carbocycles. The monoisotopic (exact) mass is 369 g/mol. The van der Waals surface area contributed by atoms with Gasteiger partial charge >= 0.3 is 12.1 Å². The molecule has 0 unspecified atom stereocenters. The van der Waals surface area contributed by atoms with Crippen LogP contribution in [-0.2, 0) is 9.53 Å². The van der Waals surface area contributed by atoms with E-state index in [0.29, 0.717) is 12.8 Å². The second-order valence-electron chi connectivity index (χ2n) is 6.39. The Labute approximate surface area is 138 Å². The van der Waals surface area contributed by atoms with Crippen LogP contribution >= 0.6 is 15.9 Å². The Morgan fingerprint density at radius 2 is 2.00 bits per heavy atom. The summed E-state index contributed by atoms with van der Waals surface area (Å²) in [4.78, 5) is 25.3. The minimum Gasteiger partial charge on any atom is -0.480 e. The van der Waals surface area contributed by atoms with Gasteiger partial charge in [-0.1, -0.05) is 28.1 Å². The van der Waals surface area contributed by atoms with Gasteiger partial charge in [-0.05, 0) is 51.3 Å². The SMILES string of the molecule is CC(C)(C)OC(=O)N1[C@H](C(=O)O)CC[C@H]1c1cccc(Br)c1. The van der Waals surface area contributed by atoms with Gasteiger partial charge < -0.3 is 9.84 Å². The highest BCUT2D eigenvalue weighted by Gasteiger charge is 2.43. The van der Waals surface area contributed by atoms with Crippen molar-refractivity contribution in [2.24, 2.45) is 0 Å². The normalized spacial score (nSPS) is 21.7. The van der Waals surface area contributed by atoms with Crippen LogP contribution in [0.15, 0.2) is 28.7 Å². The zero-order chi connectivity index (χ0) is 16.5. The molecule has 1 amide bonds. The van der Waals surface area contributed by atoms with Crippen molar-refractivity contribution in [3.63, 3.8) is 0 Å². The predicted molar refractivity (Wildman–Crippen MR) is 85.6 cm³/mol. The number of halogens is 1. The fraction of sp³-hybridized carbons (Fsp3) is 0.500. The first-order chi connectivity index (χ1) is 10.2. The number of benzene rings is 1. The molecule has 1 aromatic rings. The molecule has 1 saturated heterocycles. The van der Waals surface area contributed by atoms with Gasteiger partial charge in [0.1, 0.15) is 11.6 Å². The van der Waals surface area contributed by atoms with E-state index in [1.807, 2.05) is 24.3 Å². The van der Waals surface area contributed by atoms with Crippen LogP contribution in [0, 0.1) is 0 Å². The van der Waals surface area contributed by atoms with E-state index in [4.69, 9.17) is 4.74 Å². The van der Waals surface area contributed by atoms with Gasteiger partial charge in [-0.25, -0.2) is 9.59 Å². The lowest BCUT2D eigenvalue weighted by Gasteiger charge is -2.31. The maximum absolute atomic E-state index is 12.5. The van der Waals surface area contributed by atoms with Crippen molar-refractivity contribution in [2.45, 2.75) is 51.3 Å².